The maximum absolute atomic E-state index is 12.0. The lowest BCUT2D eigenvalue weighted by atomic mass is 10.2. The zero-order valence-electron chi connectivity index (χ0n) is 12.6. The fraction of sp³-hybridized carbons (Fsp3) is 0.467. The number of esters is 1. The standard InChI is InChI=1S/C15H20INO4/c1-11(17(16)14(19)21-15(2,3)4)13(18)20-10-12-8-6-5-7-9-12/h5-9,11H,10H2,1-4H3/t11-/m0/s1. The van der Waals surface area contributed by atoms with E-state index in [2.05, 4.69) is 0 Å². The molecule has 0 saturated carbocycles. The molecular weight excluding hydrogens is 385 g/mol. The second-order valence-corrected chi connectivity index (χ2v) is 6.60. The summed E-state index contributed by atoms with van der Waals surface area (Å²) < 4.78 is 11.6. The highest BCUT2D eigenvalue weighted by molar-refractivity contribution is 14.1. The van der Waals surface area contributed by atoms with Crippen molar-refractivity contribution in [2.75, 3.05) is 0 Å². The molecule has 1 atom stereocenters. The Bertz CT molecular complexity index is 484. The average Bonchev–Trinajstić information content (AvgIpc) is 2.42. The Balaban J connectivity index is 2.51. The molecule has 5 nitrogen and oxygen atoms in total. The minimum atomic E-state index is -0.718. The predicted molar refractivity (Wildman–Crippen MR) is 87.8 cm³/mol. The minimum absolute atomic E-state index is 0.183. The number of ether oxygens (including phenoxy) is 2. The summed E-state index contributed by atoms with van der Waals surface area (Å²) in [7, 11) is 0. The molecule has 0 aliphatic rings. The van der Waals surface area contributed by atoms with Gasteiger partial charge in [-0.3, -0.25) is 0 Å². The molecule has 0 saturated heterocycles. The molecule has 0 aliphatic heterocycles. The Kier molecular flexibility index (Phi) is 6.44. The van der Waals surface area contributed by atoms with E-state index in [-0.39, 0.29) is 6.61 Å². The van der Waals surface area contributed by atoms with E-state index < -0.39 is 23.7 Å². The van der Waals surface area contributed by atoms with Crippen LogP contribution in [0.25, 0.3) is 0 Å². The molecule has 6 heteroatoms. The zero-order chi connectivity index (χ0) is 16.0. The Morgan fingerprint density at radius 2 is 1.81 bits per heavy atom. The third-order valence-electron chi connectivity index (χ3n) is 2.47. The molecule has 0 N–H and O–H groups in total. The minimum Gasteiger partial charge on any atom is -0.459 e. The molecule has 1 rings (SSSR count). The highest BCUT2D eigenvalue weighted by Gasteiger charge is 2.29. The van der Waals surface area contributed by atoms with Gasteiger partial charge in [0.05, 0.1) is 22.9 Å². The molecule has 116 valence electrons. The van der Waals surface area contributed by atoms with Crippen molar-refractivity contribution < 1.29 is 19.1 Å². The summed E-state index contributed by atoms with van der Waals surface area (Å²) in [4.78, 5) is 23.8. The van der Waals surface area contributed by atoms with E-state index >= 15 is 0 Å². The average molecular weight is 405 g/mol. The molecule has 1 aromatic rings. The van der Waals surface area contributed by atoms with Crippen LogP contribution < -0.4 is 0 Å². The van der Waals surface area contributed by atoms with E-state index in [0.717, 1.165) is 5.56 Å². The summed E-state index contributed by atoms with van der Waals surface area (Å²) in [6, 6.07) is 8.66. The van der Waals surface area contributed by atoms with Gasteiger partial charge in [0.25, 0.3) is 0 Å². The quantitative estimate of drug-likeness (QED) is 0.436. The zero-order valence-corrected chi connectivity index (χ0v) is 14.8. The fourth-order valence-electron chi connectivity index (χ4n) is 1.41. The van der Waals surface area contributed by atoms with Crippen LogP contribution in [-0.4, -0.2) is 26.8 Å². The van der Waals surface area contributed by atoms with E-state index in [9.17, 15) is 9.59 Å². The van der Waals surface area contributed by atoms with Gasteiger partial charge in [0.1, 0.15) is 18.2 Å². The van der Waals surface area contributed by atoms with Crippen molar-refractivity contribution in [2.24, 2.45) is 0 Å². The van der Waals surface area contributed by atoms with Crippen molar-refractivity contribution in [3.8, 4) is 0 Å². The summed E-state index contributed by atoms with van der Waals surface area (Å²) in [5, 5.41) is 0. The van der Waals surface area contributed by atoms with E-state index in [1.54, 1.807) is 50.6 Å². The summed E-state index contributed by atoms with van der Waals surface area (Å²) >= 11 is 1.76. The summed E-state index contributed by atoms with van der Waals surface area (Å²) in [6.45, 7) is 7.10. The maximum Gasteiger partial charge on any atom is 0.419 e. The highest BCUT2D eigenvalue weighted by atomic mass is 127. The van der Waals surface area contributed by atoms with Gasteiger partial charge in [-0.1, -0.05) is 30.3 Å². The Morgan fingerprint density at radius 3 is 2.33 bits per heavy atom. The molecule has 0 fully saturated rings. The van der Waals surface area contributed by atoms with E-state index in [0.29, 0.717) is 0 Å². The molecule has 1 amide bonds. The Morgan fingerprint density at radius 1 is 1.24 bits per heavy atom. The fourth-order valence-corrected chi connectivity index (χ4v) is 1.73. The van der Waals surface area contributed by atoms with Gasteiger partial charge in [-0.2, -0.15) is 0 Å². The number of nitrogens with zero attached hydrogens (tertiary/aromatic N) is 1. The molecule has 1 aromatic carbocycles. The van der Waals surface area contributed by atoms with E-state index in [4.69, 9.17) is 9.47 Å². The van der Waals surface area contributed by atoms with Gasteiger partial charge in [-0.05, 0) is 33.3 Å². The van der Waals surface area contributed by atoms with Gasteiger partial charge in [-0.25, -0.2) is 12.7 Å². The SMILES string of the molecule is C[C@@H](C(=O)OCc1ccccc1)N(I)C(=O)OC(C)(C)C. The smallest absolute Gasteiger partial charge is 0.419 e. The van der Waals surface area contributed by atoms with Crippen LogP contribution in [0, 0.1) is 0 Å². The van der Waals surface area contributed by atoms with Crippen LogP contribution in [0.4, 0.5) is 4.79 Å². The number of amides is 1. The van der Waals surface area contributed by atoms with Crippen LogP contribution in [0.5, 0.6) is 0 Å². The maximum atomic E-state index is 12.0. The van der Waals surface area contributed by atoms with Crippen molar-refractivity contribution in [3.63, 3.8) is 0 Å². The monoisotopic (exact) mass is 405 g/mol. The highest BCUT2D eigenvalue weighted by Crippen LogP contribution is 2.16. The number of hydrogen-bond donors (Lipinski definition) is 0. The van der Waals surface area contributed by atoms with Gasteiger partial charge >= 0.3 is 12.1 Å². The number of hydrogen-bond acceptors (Lipinski definition) is 4. The number of carbonyl (C=O) groups is 2. The Hall–Kier alpha value is -1.31. The van der Waals surface area contributed by atoms with Crippen LogP contribution in [0.3, 0.4) is 0 Å². The second-order valence-electron chi connectivity index (χ2n) is 5.56. The molecule has 21 heavy (non-hydrogen) atoms. The number of halogens is 1. The Labute approximate surface area is 139 Å². The normalized spacial score (nSPS) is 12.4. The van der Waals surface area contributed by atoms with Crippen molar-refractivity contribution >= 4 is 34.9 Å². The molecule has 0 radical (unpaired) electrons. The van der Waals surface area contributed by atoms with Gasteiger partial charge in [-0.15, -0.1) is 0 Å². The molecular formula is C15H20INO4. The van der Waals surface area contributed by atoms with Gasteiger partial charge in [0.15, 0.2) is 0 Å². The topological polar surface area (TPSA) is 55.8 Å². The van der Waals surface area contributed by atoms with Crippen molar-refractivity contribution in [1.82, 2.24) is 3.11 Å². The first-order valence-corrected chi connectivity index (χ1v) is 7.56. The van der Waals surface area contributed by atoms with Crippen LogP contribution in [0.1, 0.15) is 33.3 Å². The lowest BCUT2D eigenvalue weighted by Gasteiger charge is -2.26. The van der Waals surface area contributed by atoms with Crippen LogP contribution >= 0.6 is 22.9 Å². The molecule has 0 aromatic heterocycles. The van der Waals surface area contributed by atoms with Crippen molar-refractivity contribution in [1.29, 1.82) is 0 Å². The van der Waals surface area contributed by atoms with Gasteiger partial charge in [0, 0.05) is 0 Å². The molecule has 0 bridgehead atoms. The first kappa shape index (κ1) is 17.7. The first-order chi connectivity index (χ1) is 9.70. The third-order valence-corrected chi connectivity index (χ3v) is 3.70. The van der Waals surface area contributed by atoms with Gasteiger partial charge in [0.2, 0.25) is 0 Å². The van der Waals surface area contributed by atoms with E-state index in [1.165, 1.54) is 3.11 Å². The van der Waals surface area contributed by atoms with E-state index in [1.807, 2.05) is 30.3 Å². The molecule has 0 spiro atoms. The third kappa shape index (κ3) is 6.33. The summed E-state index contributed by atoms with van der Waals surface area (Å²) in [6.07, 6.45) is -0.563. The summed E-state index contributed by atoms with van der Waals surface area (Å²) in [5.41, 5.74) is 0.295. The predicted octanol–water partition coefficient (Wildman–Crippen LogP) is 3.71. The second kappa shape index (κ2) is 7.63. The lowest BCUT2D eigenvalue weighted by Crippen LogP contribution is -2.40. The van der Waals surface area contributed by atoms with Crippen LogP contribution in [0.15, 0.2) is 30.3 Å². The molecule has 0 unspecified atom stereocenters. The van der Waals surface area contributed by atoms with Gasteiger partial charge < -0.3 is 9.47 Å². The van der Waals surface area contributed by atoms with Crippen molar-refractivity contribution in [2.45, 2.75) is 45.9 Å². The van der Waals surface area contributed by atoms with Crippen LogP contribution in [-0.2, 0) is 20.9 Å². The first-order valence-electron chi connectivity index (χ1n) is 6.59. The molecule has 0 heterocycles. The number of carbonyl (C=O) groups excluding carboxylic acids is 2. The largest absolute Gasteiger partial charge is 0.459 e. The number of rotatable bonds is 4. The lowest BCUT2D eigenvalue weighted by molar-refractivity contribution is -0.148. The molecule has 0 aliphatic carbocycles. The van der Waals surface area contributed by atoms with Crippen molar-refractivity contribution in [3.05, 3.63) is 35.9 Å². The number of benzene rings is 1. The summed E-state index contributed by atoms with van der Waals surface area (Å²) in [5.74, 6) is -0.473. The van der Waals surface area contributed by atoms with Crippen LogP contribution in [0.2, 0.25) is 0 Å².